The topological polar surface area (TPSA) is 102 Å². The summed E-state index contributed by atoms with van der Waals surface area (Å²) < 4.78 is 15.5. The van der Waals surface area contributed by atoms with E-state index in [0.29, 0.717) is 42.1 Å². The molecule has 1 heterocycles. The quantitative estimate of drug-likeness (QED) is 0.187. The van der Waals surface area contributed by atoms with Gasteiger partial charge >= 0.3 is 5.97 Å². The maximum absolute atomic E-state index is 13.1. The number of hydrogen-bond donors (Lipinski definition) is 1. The van der Waals surface area contributed by atoms with E-state index in [4.69, 9.17) is 14.2 Å². The second kappa shape index (κ2) is 11.5. The Kier molecular flexibility index (Phi) is 8.43. The minimum Gasteiger partial charge on any atom is -0.507 e. The Morgan fingerprint density at radius 2 is 1.76 bits per heavy atom. The molecule has 1 aliphatic heterocycles. The molecule has 1 saturated heterocycles. The average Bonchev–Trinajstić information content (AvgIpc) is 3.12. The largest absolute Gasteiger partial charge is 0.507 e. The van der Waals surface area contributed by atoms with Crippen LogP contribution in [0.3, 0.4) is 0 Å². The van der Waals surface area contributed by atoms with Crippen LogP contribution in [0.4, 0.5) is 0 Å². The number of carbonyl (C=O) groups excluding carboxylic acids is 3. The zero-order valence-corrected chi connectivity index (χ0v) is 19.6. The third-order valence-electron chi connectivity index (χ3n) is 5.52. The molecule has 1 N–H and O–H groups in total. The molecule has 180 valence electrons. The molecule has 1 unspecified atom stereocenters. The van der Waals surface area contributed by atoms with E-state index in [2.05, 4.69) is 0 Å². The smallest absolute Gasteiger partial charge is 0.337 e. The Labute approximate surface area is 198 Å². The van der Waals surface area contributed by atoms with Crippen LogP contribution in [0, 0.1) is 0 Å². The van der Waals surface area contributed by atoms with Gasteiger partial charge in [0.25, 0.3) is 11.7 Å². The molecule has 0 bridgehead atoms. The van der Waals surface area contributed by atoms with E-state index in [1.54, 1.807) is 55.6 Å². The molecule has 0 aromatic heterocycles. The van der Waals surface area contributed by atoms with Crippen LogP contribution in [0.25, 0.3) is 5.76 Å². The number of amides is 1. The summed E-state index contributed by atoms with van der Waals surface area (Å²) in [5.41, 5.74) is 1.29. The first kappa shape index (κ1) is 25.0. The lowest BCUT2D eigenvalue weighted by atomic mass is 9.94. The van der Waals surface area contributed by atoms with Gasteiger partial charge in [0.1, 0.15) is 11.5 Å². The summed E-state index contributed by atoms with van der Waals surface area (Å²) in [4.78, 5) is 39.3. The first-order valence-corrected chi connectivity index (χ1v) is 11.1. The van der Waals surface area contributed by atoms with Crippen LogP contribution in [-0.2, 0) is 19.1 Å². The molecule has 3 rings (SSSR count). The first-order chi connectivity index (χ1) is 16.4. The molecule has 0 saturated carbocycles. The van der Waals surface area contributed by atoms with Crippen molar-refractivity contribution in [2.75, 3.05) is 34.0 Å². The van der Waals surface area contributed by atoms with Gasteiger partial charge in [0.05, 0.1) is 30.9 Å². The Hall–Kier alpha value is -3.65. The van der Waals surface area contributed by atoms with Gasteiger partial charge in [0, 0.05) is 25.8 Å². The van der Waals surface area contributed by atoms with E-state index >= 15 is 0 Å². The van der Waals surface area contributed by atoms with Gasteiger partial charge in [-0.2, -0.15) is 0 Å². The van der Waals surface area contributed by atoms with E-state index in [1.165, 1.54) is 12.0 Å². The number of nitrogens with zero attached hydrogens (tertiary/aromatic N) is 1. The number of likely N-dealkylation sites (tertiary alicyclic amines) is 1. The fraction of sp³-hybridized carbons (Fsp3) is 0.346. The van der Waals surface area contributed by atoms with Crippen LogP contribution in [-0.4, -0.2) is 61.6 Å². The fourth-order valence-corrected chi connectivity index (χ4v) is 3.86. The zero-order chi connectivity index (χ0) is 24.7. The number of carbonyl (C=O) groups is 3. The molecule has 8 heteroatoms. The van der Waals surface area contributed by atoms with Crippen molar-refractivity contribution < 1.29 is 33.7 Å². The highest BCUT2D eigenvalue weighted by molar-refractivity contribution is 6.46. The van der Waals surface area contributed by atoms with Gasteiger partial charge in [-0.1, -0.05) is 31.2 Å². The highest BCUT2D eigenvalue weighted by Gasteiger charge is 2.45. The molecule has 0 spiro atoms. The maximum atomic E-state index is 13.1. The Bertz CT molecular complexity index is 1070. The highest BCUT2D eigenvalue weighted by Crippen LogP contribution is 2.40. The number of esters is 1. The second-order valence-electron chi connectivity index (χ2n) is 7.83. The molecular formula is C26H29NO7. The monoisotopic (exact) mass is 467 g/mol. The van der Waals surface area contributed by atoms with Gasteiger partial charge in [-0.15, -0.1) is 0 Å². The number of aliphatic hydroxyl groups is 1. The van der Waals surface area contributed by atoms with E-state index < -0.39 is 23.7 Å². The molecular weight excluding hydrogens is 438 g/mol. The van der Waals surface area contributed by atoms with Crippen molar-refractivity contribution in [2.45, 2.75) is 25.8 Å². The van der Waals surface area contributed by atoms with Gasteiger partial charge in [-0.05, 0) is 42.7 Å². The van der Waals surface area contributed by atoms with Crippen molar-refractivity contribution in [1.82, 2.24) is 4.90 Å². The van der Waals surface area contributed by atoms with Crippen LogP contribution in [0.2, 0.25) is 0 Å². The van der Waals surface area contributed by atoms with E-state index in [1.807, 2.05) is 6.92 Å². The third-order valence-corrected chi connectivity index (χ3v) is 5.52. The summed E-state index contributed by atoms with van der Waals surface area (Å²) in [5, 5.41) is 11.2. The normalized spacial score (nSPS) is 17.1. The Morgan fingerprint density at radius 1 is 1.03 bits per heavy atom. The Balaban J connectivity index is 2.08. The standard InChI is InChI=1S/C26H29NO7/c1-4-14-34-20-8-5-7-19(16-20)23(28)21-22(17-9-11-18(12-10-17)26(31)33-3)27(13-6-15-32-2)25(30)24(21)29/h5,7-12,16,22,28H,4,6,13-15H2,1-3H3. The first-order valence-electron chi connectivity index (χ1n) is 11.1. The van der Waals surface area contributed by atoms with E-state index in [9.17, 15) is 19.5 Å². The van der Waals surface area contributed by atoms with Crippen LogP contribution in [0.1, 0.15) is 47.3 Å². The minimum absolute atomic E-state index is 0.0131. The predicted molar refractivity (Wildman–Crippen MR) is 126 cm³/mol. The molecule has 1 aliphatic rings. The Morgan fingerprint density at radius 3 is 2.41 bits per heavy atom. The van der Waals surface area contributed by atoms with Crippen LogP contribution in [0.15, 0.2) is 54.1 Å². The van der Waals surface area contributed by atoms with Crippen molar-refractivity contribution in [1.29, 1.82) is 0 Å². The minimum atomic E-state index is -0.816. The van der Waals surface area contributed by atoms with Crippen LogP contribution >= 0.6 is 0 Å². The summed E-state index contributed by atoms with van der Waals surface area (Å²) in [6.45, 7) is 3.17. The molecule has 0 radical (unpaired) electrons. The van der Waals surface area contributed by atoms with Gasteiger partial charge in [0.15, 0.2) is 0 Å². The number of rotatable bonds is 10. The number of ketones is 1. The van der Waals surface area contributed by atoms with E-state index in [0.717, 1.165) is 6.42 Å². The number of benzene rings is 2. The summed E-state index contributed by atoms with van der Waals surface area (Å²) in [6, 6.07) is 12.4. The SMILES string of the molecule is CCCOc1cccc(C(O)=C2C(=O)C(=O)N(CCCOC)C2c2ccc(C(=O)OC)cc2)c1. The lowest BCUT2D eigenvalue weighted by Crippen LogP contribution is -2.31. The molecule has 34 heavy (non-hydrogen) atoms. The van der Waals surface area contributed by atoms with Gasteiger partial charge < -0.3 is 24.2 Å². The number of hydrogen-bond acceptors (Lipinski definition) is 7. The molecule has 2 aromatic carbocycles. The summed E-state index contributed by atoms with van der Waals surface area (Å²) in [6.07, 6.45) is 1.34. The average molecular weight is 468 g/mol. The zero-order valence-electron chi connectivity index (χ0n) is 19.6. The maximum Gasteiger partial charge on any atom is 0.337 e. The molecule has 8 nitrogen and oxygen atoms in total. The number of aliphatic hydroxyl groups excluding tert-OH is 1. The van der Waals surface area contributed by atoms with Gasteiger partial charge in [0.2, 0.25) is 0 Å². The summed E-state index contributed by atoms with van der Waals surface area (Å²) in [7, 11) is 2.85. The highest BCUT2D eigenvalue weighted by atomic mass is 16.5. The van der Waals surface area contributed by atoms with Crippen molar-refractivity contribution in [3.63, 3.8) is 0 Å². The summed E-state index contributed by atoms with van der Waals surface area (Å²) in [5.74, 6) is -1.68. The number of ether oxygens (including phenoxy) is 3. The van der Waals surface area contributed by atoms with Crippen LogP contribution < -0.4 is 4.74 Å². The summed E-state index contributed by atoms with van der Waals surface area (Å²) >= 11 is 0. The molecule has 0 aliphatic carbocycles. The van der Waals surface area contributed by atoms with Crippen molar-refractivity contribution in [3.05, 3.63) is 70.8 Å². The fourth-order valence-electron chi connectivity index (χ4n) is 3.86. The molecule has 1 atom stereocenters. The molecule has 1 fully saturated rings. The third kappa shape index (κ3) is 5.28. The van der Waals surface area contributed by atoms with Crippen molar-refractivity contribution in [2.24, 2.45) is 0 Å². The lowest BCUT2D eigenvalue weighted by Gasteiger charge is -2.25. The molecule has 1 amide bonds. The lowest BCUT2D eigenvalue weighted by molar-refractivity contribution is -0.140. The number of Topliss-reactive ketones (excluding diaryl/α,β-unsaturated/α-hetero) is 1. The van der Waals surface area contributed by atoms with Crippen molar-refractivity contribution in [3.8, 4) is 5.75 Å². The predicted octanol–water partition coefficient (Wildman–Crippen LogP) is 3.72. The van der Waals surface area contributed by atoms with Crippen molar-refractivity contribution >= 4 is 23.4 Å². The second-order valence-corrected chi connectivity index (χ2v) is 7.83. The molecule has 2 aromatic rings. The van der Waals surface area contributed by atoms with E-state index in [-0.39, 0.29) is 17.9 Å². The van der Waals surface area contributed by atoms with Crippen LogP contribution in [0.5, 0.6) is 5.75 Å². The number of methoxy groups -OCH3 is 2. The van der Waals surface area contributed by atoms with Gasteiger partial charge in [-0.3, -0.25) is 9.59 Å². The van der Waals surface area contributed by atoms with Gasteiger partial charge in [-0.25, -0.2) is 4.79 Å².